The highest BCUT2D eigenvalue weighted by Gasteiger charge is 1.99. The maximum atomic E-state index is 8.91. The van der Waals surface area contributed by atoms with Crippen LogP contribution in [0.5, 0.6) is 0 Å². The molecule has 0 aliphatic rings. The number of aliphatic hydroxyl groups is 1. The van der Waals surface area contributed by atoms with E-state index in [4.69, 9.17) is 5.11 Å². The number of aromatic nitrogens is 4. The number of rotatable bonds is 5. The van der Waals surface area contributed by atoms with Crippen molar-refractivity contribution in [2.75, 3.05) is 0 Å². The Kier molecular flexibility index (Phi) is 3.79. The van der Waals surface area contributed by atoms with Crippen LogP contribution in [0.4, 0.5) is 0 Å². The molecule has 0 spiro atoms. The van der Waals surface area contributed by atoms with Gasteiger partial charge in [0, 0.05) is 6.54 Å². The molecule has 0 fully saturated rings. The van der Waals surface area contributed by atoms with Crippen LogP contribution in [-0.2, 0) is 26.7 Å². The van der Waals surface area contributed by atoms with E-state index < -0.39 is 0 Å². The lowest BCUT2D eigenvalue weighted by Crippen LogP contribution is -2.14. The monoisotopic (exact) mass is 233 g/mol. The second kappa shape index (κ2) is 5.51. The summed E-state index contributed by atoms with van der Waals surface area (Å²) in [7, 11) is 1.74. The van der Waals surface area contributed by atoms with E-state index in [9.17, 15) is 0 Å². The van der Waals surface area contributed by atoms with Crippen LogP contribution in [0.3, 0.4) is 0 Å². The Labute approximate surface area is 99.3 Å². The zero-order valence-corrected chi connectivity index (χ0v) is 9.67. The van der Waals surface area contributed by atoms with Gasteiger partial charge in [-0.15, -0.1) is 10.2 Å². The minimum absolute atomic E-state index is 0.0806. The number of aliphatic hydroxyl groups excluding tert-OH is 1. The van der Waals surface area contributed by atoms with Crippen molar-refractivity contribution >= 4 is 0 Å². The smallest absolute Gasteiger partial charge is 0.188 e. The van der Waals surface area contributed by atoms with Gasteiger partial charge in [0.2, 0.25) is 0 Å². The molecule has 6 nitrogen and oxygen atoms in total. The number of hydrogen-bond donors (Lipinski definition) is 2. The first kappa shape index (κ1) is 11.7. The fourth-order valence-corrected chi connectivity index (χ4v) is 1.48. The lowest BCUT2D eigenvalue weighted by molar-refractivity contribution is 0.282. The first-order valence-corrected chi connectivity index (χ1v) is 5.40. The standard InChI is InChI=1S/C11H15N5O/c1-16-14-11(13-15-16)7-12-6-9-2-4-10(8-17)5-3-9/h2-5,12,17H,6-8H2,1H3. The molecule has 2 rings (SSSR count). The molecule has 1 aromatic heterocycles. The average molecular weight is 233 g/mol. The zero-order chi connectivity index (χ0) is 12.1. The van der Waals surface area contributed by atoms with E-state index in [1.54, 1.807) is 7.05 Å². The molecular formula is C11H15N5O. The Hall–Kier alpha value is -1.79. The van der Waals surface area contributed by atoms with Crippen molar-refractivity contribution in [1.82, 2.24) is 25.5 Å². The number of hydrogen-bond acceptors (Lipinski definition) is 5. The molecule has 0 bridgehead atoms. The van der Waals surface area contributed by atoms with Gasteiger partial charge in [0.1, 0.15) is 0 Å². The summed E-state index contributed by atoms with van der Waals surface area (Å²) in [5.41, 5.74) is 2.08. The molecule has 17 heavy (non-hydrogen) atoms. The Morgan fingerprint density at radius 3 is 2.47 bits per heavy atom. The fraction of sp³-hybridized carbons (Fsp3) is 0.364. The minimum atomic E-state index is 0.0806. The van der Waals surface area contributed by atoms with Crippen LogP contribution in [0, 0.1) is 0 Å². The number of benzene rings is 1. The van der Waals surface area contributed by atoms with E-state index in [2.05, 4.69) is 20.7 Å². The third kappa shape index (κ3) is 3.33. The summed E-state index contributed by atoms with van der Waals surface area (Å²) in [5, 5.41) is 23.8. The molecular weight excluding hydrogens is 218 g/mol. The first-order chi connectivity index (χ1) is 8.28. The summed E-state index contributed by atoms with van der Waals surface area (Å²) in [4.78, 5) is 1.44. The van der Waals surface area contributed by atoms with Gasteiger partial charge >= 0.3 is 0 Å². The van der Waals surface area contributed by atoms with E-state index in [0.29, 0.717) is 12.4 Å². The summed E-state index contributed by atoms with van der Waals surface area (Å²) < 4.78 is 0. The lowest BCUT2D eigenvalue weighted by Gasteiger charge is -2.03. The van der Waals surface area contributed by atoms with Crippen LogP contribution in [0.15, 0.2) is 24.3 Å². The molecule has 0 unspecified atom stereocenters. The largest absolute Gasteiger partial charge is 0.392 e. The van der Waals surface area contributed by atoms with E-state index in [1.165, 1.54) is 4.80 Å². The number of aryl methyl sites for hydroxylation is 1. The van der Waals surface area contributed by atoms with Gasteiger partial charge in [-0.25, -0.2) is 0 Å². The quantitative estimate of drug-likeness (QED) is 0.759. The van der Waals surface area contributed by atoms with Crippen molar-refractivity contribution < 1.29 is 5.11 Å². The Morgan fingerprint density at radius 2 is 1.88 bits per heavy atom. The Morgan fingerprint density at radius 1 is 1.18 bits per heavy atom. The van der Waals surface area contributed by atoms with Crippen molar-refractivity contribution in [2.45, 2.75) is 19.7 Å². The highest BCUT2D eigenvalue weighted by Crippen LogP contribution is 2.04. The van der Waals surface area contributed by atoms with E-state index in [1.807, 2.05) is 24.3 Å². The van der Waals surface area contributed by atoms with E-state index in [-0.39, 0.29) is 6.61 Å². The maximum Gasteiger partial charge on any atom is 0.188 e. The SMILES string of the molecule is Cn1nnc(CNCc2ccc(CO)cc2)n1. The molecule has 0 saturated carbocycles. The fourth-order valence-electron chi connectivity index (χ4n) is 1.48. The normalized spacial score (nSPS) is 10.7. The van der Waals surface area contributed by atoms with Gasteiger partial charge in [-0.2, -0.15) is 4.80 Å². The van der Waals surface area contributed by atoms with Gasteiger partial charge < -0.3 is 10.4 Å². The molecule has 0 aliphatic carbocycles. The van der Waals surface area contributed by atoms with Gasteiger partial charge in [0.25, 0.3) is 0 Å². The van der Waals surface area contributed by atoms with E-state index in [0.717, 1.165) is 17.7 Å². The number of nitrogens with one attached hydrogen (secondary N) is 1. The second-order valence-electron chi connectivity index (χ2n) is 3.77. The third-order valence-electron chi connectivity index (χ3n) is 2.37. The second-order valence-corrected chi connectivity index (χ2v) is 3.77. The molecule has 0 radical (unpaired) electrons. The van der Waals surface area contributed by atoms with Crippen molar-refractivity contribution in [1.29, 1.82) is 0 Å². The summed E-state index contributed by atoms with van der Waals surface area (Å²) in [6.45, 7) is 1.41. The topological polar surface area (TPSA) is 75.9 Å². The molecule has 2 aromatic rings. The van der Waals surface area contributed by atoms with Gasteiger partial charge in [-0.1, -0.05) is 24.3 Å². The summed E-state index contributed by atoms with van der Waals surface area (Å²) >= 11 is 0. The molecule has 1 heterocycles. The Bertz CT molecular complexity index is 465. The van der Waals surface area contributed by atoms with Crippen LogP contribution in [0.2, 0.25) is 0 Å². The highest BCUT2D eigenvalue weighted by atomic mass is 16.3. The number of nitrogens with zero attached hydrogens (tertiary/aromatic N) is 4. The van der Waals surface area contributed by atoms with Crippen molar-refractivity contribution in [3.8, 4) is 0 Å². The van der Waals surface area contributed by atoms with Crippen LogP contribution in [0.1, 0.15) is 17.0 Å². The lowest BCUT2D eigenvalue weighted by atomic mass is 10.1. The Balaban J connectivity index is 1.81. The van der Waals surface area contributed by atoms with Crippen molar-refractivity contribution in [3.05, 3.63) is 41.2 Å². The molecule has 90 valence electrons. The van der Waals surface area contributed by atoms with Gasteiger partial charge in [0.05, 0.1) is 20.2 Å². The minimum Gasteiger partial charge on any atom is -0.392 e. The molecule has 0 aliphatic heterocycles. The first-order valence-electron chi connectivity index (χ1n) is 5.40. The average Bonchev–Trinajstić information content (AvgIpc) is 2.76. The summed E-state index contributed by atoms with van der Waals surface area (Å²) in [6.07, 6.45) is 0. The van der Waals surface area contributed by atoms with Crippen molar-refractivity contribution in [3.63, 3.8) is 0 Å². The van der Waals surface area contributed by atoms with Crippen molar-refractivity contribution in [2.24, 2.45) is 7.05 Å². The molecule has 0 amide bonds. The predicted octanol–water partition coefficient (Wildman–Crippen LogP) is -0.00780. The predicted molar refractivity (Wildman–Crippen MR) is 61.7 cm³/mol. The highest BCUT2D eigenvalue weighted by molar-refractivity contribution is 5.21. The van der Waals surface area contributed by atoms with Crippen LogP contribution >= 0.6 is 0 Å². The van der Waals surface area contributed by atoms with Crippen LogP contribution in [-0.4, -0.2) is 25.3 Å². The number of tetrazole rings is 1. The molecule has 0 saturated heterocycles. The molecule has 0 atom stereocenters. The zero-order valence-electron chi connectivity index (χ0n) is 9.67. The summed E-state index contributed by atoms with van der Waals surface area (Å²) in [6, 6.07) is 7.81. The van der Waals surface area contributed by atoms with Crippen LogP contribution in [0.25, 0.3) is 0 Å². The molecule has 2 N–H and O–H groups in total. The van der Waals surface area contributed by atoms with E-state index >= 15 is 0 Å². The third-order valence-corrected chi connectivity index (χ3v) is 2.37. The maximum absolute atomic E-state index is 8.91. The van der Waals surface area contributed by atoms with Crippen LogP contribution < -0.4 is 5.32 Å². The molecule has 1 aromatic carbocycles. The summed E-state index contributed by atoms with van der Waals surface area (Å²) in [5.74, 6) is 0.680. The van der Waals surface area contributed by atoms with Gasteiger partial charge in [0.15, 0.2) is 5.82 Å². The van der Waals surface area contributed by atoms with Gasteiger partial charge in [-0.05, 0) is 16.3 Å². The molecule has 6 heteroatoms. The van der Waals surface area contributed by atoms with Gasteiger partial charge in [-0.3, -0.25) is 0 Å².